The quantitative estimate of drug-likeness (QED) is 0.542. The molecule has 0 N–H and O–H groups in total. The summed E-state index contributed by atoms with van der Waals surface area (Å²) in [6, 6.07) is 0.795. The summed E-state index contributed by atoms with van der Waals surface area (Å²) in [7, 11) is 3.98. The molecule has 0 aromatic rings. The molecule has 0 aliphatic heterocycles. The Morgan fingerprint density at radius 2 is 1.82 bits per heavy atom. The Morgan fingerprint density at radius 3 is 2.29 bits per heavy atom. The van der Waals surface area contributed by atoms with Gasteiger partial charge in [-0.2, -0.15) is 5.10 Å². The van der Waals surface area contributed by atoms with Gasteiger partial charge in [0, 0.05) is 26.4 Å². The second-order valence-electron chi connectivity index (χ2n) is 5.44. The SMILES string of the molecule is CCN(CC)C1CCC(C=NN(C)C)C(C)C1. The Balaban J connectivity index is 2.49. The molecule has 1 rings (SSSR count). The topological polar surface area (TPSA) is 18.8 Å². The van der Waals surface area contributed by atoms with E-state index >= 15 is 0 Å². The lowest BCUT2D eigenvalue weighted by Gasteiger charge is -2.38. The van der Waals surface area contributed by atoms with Crippen LogP contribution in [0.4, 0.5) is 0 Å². The first kappa shape index (κ1) is 14.5. The van der Waals surface area contributed by atoms with E-state index in [-0.39, 0.29) is 0 Å². The van der Waals surface area contributed by atoms with Gasteiger partial charge in [-0.1, -0.05) is 20.8 Å². The Morgan fingerprint density at radius 1 is 1.18 bits per heavy atom. The largest absolute Gasteiger partial charge is 0.303 e. The maximum atomic E-state index is 4.40. The Kier molecular flexibility index (Phi) is 5.96. The fourth-order valence-electron chi connectivity index (χ4n) is 2.90. The lowest BCUT2D eigenvalue weighted by atomic mass is 9.78. The molecule has 1 fully saturated rings. The number of hydrogen-bond acceptors (Lipinski definition) is 3. The summed E-state index contributed by atoms with van der Waals surface area (Å²) in [6.07, 6.45) is 6.10. The minimum Gasteiger partial charge on any atom is -0.303 e. The first-order chi connectivity index (χ1) is 8.08. The molecule has 0 aromatic carbocycles. The summed E-state index contributed by atoms with van der Waals surface area (Å²) >= 11 is 0. The monoisotopic (exact) mass is 239 g/mol. The van der Waals surface area contributed by atoms with Crippen LogP contribution < -0.4 is 0 Å². The molecule has 0 saturated heterocycles. The predicted molar refractivity (Wildman–Crippen MR) is 75.4 cm³/mol. The smallest absolute Gasteiger partial charge is 0.0278 e. The fourth-order valence-corrected chi connectivity index (χ4v) is 2.90. The van der Waals surface area contributed by atoms with E-state index in [9.17, 15) is 0 Å². The molecule has 0 heterocycles. The van der Waals surface area contributed by atoms with Gasteiger partial charge in [-0.15, -0.1) is 0 Å². The molecule has 1 aliphatic carbocycles. The number of nitrogens with zero attached hydrogens (tertiary/aromatic N) is 3. The Bertz CT molecular complexity index is 234. The summed E-state index contributed by atoms with van der Waals surface area (Å²) < 4.78 is 0. The van der Waals surface area contributed by atoms with Crippen molar-refractivity contribution in [2.75, 3.05) is 27.2 Å². The van der Waals surface area contributed by atoms with Gasteiger partial charge in [0.05, 0.1) is 0 Å². The van der Waals surface area contributed by atoms with Crippen molar-refractivity contribution in [1.29, 1.82) is 0 Å². The van der Waals surface area contributed by atoms with Crippen LogP contribution in [0.1, 0.15) is 40.0 Å². The van der Waals surface area contributed by atoms with Crippen LogP contribution in [0.15, 0.2) is 5.10 Å². The molecular formula is C14H29N3. The van der Waals surface area contributed by atoms with Crippen LogP contribution >= 0.6 is 0 Å². The van der Waals surface area contributed by atoms with Crippen molar-refractivity contribution in [3.63, 3.8) is 0 Å². The number of rotatable bonds is 5. The minimum absolute atomic E-state index is 0.671. The third kappa shape index (κ3) is 4.30. The summed E-state index contributed by atoms with van der Waals surface area (Å²) in [5.41, 5.74) is 0. The highest BCUT2D eigenvalue weighted by molar-refractivity contribution is 5.60. The summed E-state index contributed by atoms with van der Waals surface area (Å²) in [5.74, 6) is 1.43. The van der Waals surface area contributed by atoms with Gasteiger partial charge in [-0.05, 0) is 44.2 Å². The molecule has 3 unspecified atom stereocenters. The van der Waals surface area contributed by atoms with Crippen molar-refractivity contribution in [2.45, 2.75) is 46.1 Å². The van der Waals surface area contributed by atoms with Gasteiger partial charge in [0.15, 0.2) is 0 Å². The van der Waals surface area contributed by atoms with E-state index < -0.39 is 0 Å². The Hall–Kier alpha value is -0.570. The van der Waals surface area contributed by atoms with E-state index in [0.717, 1.165) is 12.0 Å². The van der Waals surface area contributed by atoms with Gasteiger partial charge in [-0.25, -0.2) is 0 Å². The molecule has 1 saturated carbocycles. The molecule has 1 aliphatic rings. The molecule has 100 valence electrons. The van der Waals surface area contributed by atoms with E-state index in [4.69, 9.17) is 0 Å². The van der Waals surface area contributed by atoms with Crippen LogP contribution in [0.5, 0.6) is 0 Å². The Labute approximate surface area is 107 Å². The molecule has 3 atom stereocenters. The van der Waals surface area contributed by atoms with E-state index in [0.29, 0.717) is 5.92 Å². The average Bonchev–Trinajstić information content (AvgIpc) is 2.29. The zero-order valence-corrected chi connectivity index (χ0v) is 12.2. The van der Waals surface area contributed by atoms with Crippen molar-refractivity contribution in [3.05, 3.63) is 0 Å². The van der Waals surface area contributed by atoms with Gasteiger partial charge in [0.25, 0.3) is 0 Å². The first-order valence-corrected chi connectivity index (χ1v) is 7.03. The highest BCUT2D eigenvalue weighted by atomic mass is 15.4. The fraction of sp³-hybridized carbons (Fsp3) is 0.929. The van der Waals surface area contributed by atoms with E-state index in [2.05, 4.69) is 37.0 Å². The third-order valence-electron chi connectivity index (χ3n) is 4.03. The van der Waals surface area contributed by atoms with Crippen molar-refractivity contribution in [3.8, 4) is 0 Å². The van der Waals surface area contributed by atoms with Crippen molar-refractivity contribution >= 4 is 6.21 Å². The van der Waals surface area contributed by atoms with E-state index in [1.807, 2.05) is 19.1 Å². The van der Waals surface area contributed by atoms with Gasteiger partial charge < -0.3 is 9.91 Å². The van der Waals surface area contributed by atoms with E-state index in [1.54, 1.807) is 0 Å². The number of hydrogen-bond donors (Lipinski definition) is 0. The van der Waals surface area contributed by atoms with Crippen LogP contribution in [-0.2, 0) is 0 Å². The summed E-state index contributed by atoms with van der Waals surface area (Å²) in [4.78, 5) is 2.61. The summed E-state index contributed by atoms with van der Waals surface area (Å²) in [5, 5.41) is 6.30. The number of hydrazone groups is 1. The van der Waals surface area contributed by atoms with Gasteiger partial charge >= 0.3 is 0 Å². The molecule has 3 nitrogen and oxygen atoms in total. The predicted octanol–water partition coefficient (Wildman–Crippen LogP) is 2.68. The maximum absolute atomic E-state index is 4.40. The highest BCUT2D eigenvalue weighted by Crippen LogP contribution is 2.31. The van der Waals surface area contributed by atoms with Crippen molar-refractivity contribution in [2.24, 2.45) is 16.9 Å². The third-order valence-corrected chi connectivity index (χ3v) is 4.03. The van der Waals surface area contributed by atoms with Gasteiger partial charge in [-0.3, -0.25) is 0 Å². The second-order valence-corrected chi connectivity index (χ2v) is 5.44. The average molecular weight is 239 g/mol. The van der Waals surface area contributed by atoms with Crippen LogP contribution in [0.25, 0.3) is 0 Å². The van der Waals surface area contributed by atoms with Gasteiger partial charge in [0.1, 0.15) is 0 Å². The molecular weight excluding hydrogens is 210 g/mol. The molecule has 17 heavy (non-hydrogen) atoms. The zero-order chi connectivity index (χ0) is 12.8. The van der Waals surface area contributed by atoms with Crippen molar-refractivity contribution in [1.82, 2.24) is 9.91 Å². The molecule has 0 bridgehead atoms. The molecule has 0 spiro atoms. The standard InChI is InChI=1S/C14H29N3/c1-6-17(7-2)14-9-8-13(12(3)10-14)11-15-16(4)5/h11-14H,6-10H2,1-5H3. The van der Waals surface area contributed by atoms with E-state index in [1.165, 1.54) is 32.4 Å². The lowest BCUT2D eigenvalue weighted by molar-refractivity contribution is 0.133. The molecule has 3 heteroatoms. The van der Waals surface area contributed by atoms with Crippen LogP contribution in [0.2, 0.25) is 0 Å². The lowest BCUT2D eigenvalue weighted by Crippen LogP contribution is -2.40. The second kappa shape index (κ2) is 7.00. The highest BCUT2D eigenvalue weighted by Gasteiger charge is 2.28. The van der Waals surface area contributed by atoms with Crippen molar-refractivity contribution < 1.29 is 0 Å². The minimum atomic E-state index is 0.671. The zero-order valence-electron chi connectivity index (χ0n) is 12.2. The molecule has 0 amide bonds. The summed E-state index contributed by atoms with van der Waals surface area (Å²) in [6.45, 7) is 9.29. The van der Waals surface area contributed by atoms with Crippen LogP contribution in [0.3, 0.4) is 0 Å². The first-order valence-electron chi connectivity index (χ1n) is 7.03. The van der Waals surface area contributed by atoms with Crippen LogP contribution in [0, 0.1) is 11.8 Å². The maximum Gasteiger partial charge on any atom is 0.0278 e. The van der Waals surface area contributed by atoms with Gasteiger partial charge in [0.2, 0.25) is 0 Å². The molecule has 0 aromatic heterocycles. The van der Waals surface area contributed by atoms with Crippen LogP contribution in [-0.4, -0.2) is 49.4 Å². The molecule has 0 radical (unpaired) electrons. The normalized spacial score (nSPS) is 30.1.